The molecule has 0 aliphatic carbocycles. The van der Waals surface area contributed by atoms with Gasteiger partial charge in [0.25, 0.3) is 0 Å². The summed E-state index contributed by atoms with van der Waals surface area (Å²) in [6.45, 7) is 4.69. The van der Waals surface area contributed by atoms with E-state index in [2.05, 4.69) is 15.6 Å². The zero-order valence-electron chi connectivity index (χ0n) is 8.11. The first-order valence-corrected chi connectivity index (χ1v) is 4.59. The first kappa shape index (κ1) is 10.3. The van der Waals surface area contributed by atoms with Crippen LogP contribution in [0.5, 0.6) is 0 Å². The van der Waals surface area contributed by atoms with Gasteiger partial charge in [-0.3, -0.25) is 4.68 Å². The first-order chi connectivity index (χ1) is 6.09. The highest BCUT2D eigenvalue weighted by molar-refractivity contribution is 7.80. The van der Waals surface area contributed by atoms with Crippen molar-refractivity contribution >= 4 is 17.1 Å². The fourth-order valence-corrected chi connectivity index (χ4v) is 0.961. The SMILES string of the molecule is CC(=S)C(C)NCc1cn(C)nn1. The molecule has 0 fully saturated rings. The van der Waals surface area contributed by atoms with Crippen LogP contribution in [0.3, 0.4) is 0 Å². The Hall–Kier alpha value is -0.810. The quantitative estimate of drug-likeness (QED) is 0.723. The van der Waals surface area contributed by atoms with E-state index in [9.17, 15) is 0 Å². The molecule has 1 heterocycles. The minimum Gasteiger partial charge on any atom is -0.304 e. The molecule has 0 amide bonds. The highest BCUT2D eigenvalue weighted by Gasteiger charge is 2.04. The summed E-state index contributed by atoms with van der Waals surface area (Å²) in [6, 6.07) is 0.247. The minimum atomic E-state index is 0.247. The molecule has 0 radical (unpaired) electrons. The molecule has 1 atom stereocenters. The van der Waals surface area contributed by atoms with Gasteiger partial charge in [0.2, 0.25) is 0 Å². The van der Waals surface area contributed by atoms with E-state index in [4.69, 9.17) is 12.2 Å². The van der Waals surface area contributed by atoms with Gasteiger partial charge in [-0.05, 0) is 13.8 Å². The van der Waals surface area contributed by atoms with Crippen LogP contribution in [0.4, 0.5) is 0 Å². The van der Waals surface area contributed by atoms with Gasteiger partial charge in [0, 0.05) is 30.7 Å². The lowest BCUT2D eigenvalue weighted by atomic mass is 10.2. The molecule has 0 aliphatic rings. The number of nitrogens with zero attached hydrogens (tertiary/aromatic N) is 3. The number of thiocarbonyl (C=S) groups is 1. The van der Waals surface area contributed by atoms with Gasteiger partial charge in [0.15, 0.2) is 0 Å². The van der Waals surface area contributed by atoms with Gasteiger partial charge in [-0.15, -0.1) is 5.10 Å². The molecule has 72 valence electrons. The smallest absolute Gasteiger partial charge is 0.0964 e. The molecule has 1 aromatic heterocycles. The molecule has 5 heteroatoms. The van der Waals surface area contributed by atoms with Gasteiger partial charge >= 0.3 is 0 Å². The Labute approximate surface area is 83.3 Å². The fourth-order valence-electron chi connectivity index (χ4n) is 0.878. The van der Waals surface area contributed by atoms with Crippen LogP contribution in [-0.4, -0.2) is 25.9 Å². The van der Waals surface area contributed by atoms with Crippen molar-refractivity contribution in [2.75, 3.05) is 0 Å². The fraction of sp³-hybridized carbons (Fsp3) is 0.625. The second-order valence-electron chi connectivity index (χ2n) is 3.10. The predicted molar refractivity (Wildman–Crippen MR) is 55.6 cm³/mol. The van der Waals surface area contributed by atoms with Crippen LogP contribution in [0.1, 0.15) is 19.5 Å². The Balaban J connectivity index is 2.39. The molecule has 4 nitrogen and oxygen atoms in total. The Morgan fingerprint density at radius 3 is 2.92 bits per heavy atom. The lowest BCUT2D eigenvalue weighted by molar-refractivity contribution is 0.647. The summed E-state index contributed by atoms with van der Waals surface area (Å²) in [4.78, 5) is 0.962. The third-order valence-electron chi connectivity index (χ3n) is 1.85. The van der Waals surface area contributed by atoms with E-state index < -0.39 is 0 Å². The van der Waals surface area contributed by atoms with E-state index >= 15 is 0 Å². The topological polar surface area (TPSA) is 42.7 Å². The molecule has 0 spiro atoms. The van der Waals surface area contributed by atoms with Crippen molar-refractivity contribution < 1.29 is 0 Å². The van der Waals surface area contributed by atoms with Crippen molar-refractivity contribution in [2.24, 2.45) is 7.05 Å². The molecular formula is C8H14N4S. The number of hydrogen-bond acceptors (Lipinski definition) is 4. The van der Waals surface area contributed by atoms with Crippen LogP contribution >= 0.6 is 12.2 Å². The Bertz CT molecular complexity index is 294. The molecule has 1 unspecified atom stereocenters. The molecule has 0 bridgehead atoms. The number of rotatable bonds is 4. The van der Waals surface area contributed by atoms with E-state index in [-0.39, 0.29) is 6.04 Å². The lowest BCUT2D eigenvalue weighted by Gasteiger charge is -2.09. The molecule has 0 aromatic carbocycles. The van der Waals surface area contributed by atoms with Crippen molar-refractivity contribution in [3.05, 3.63) is 11.9 Å². The molecule has 0 saturated carbocycles. The molecule has 0 aliphatic heterocycles. The Morgan fingerprint density at radius 1 is 1.77 bits per heavy atom. The normalized spacial score (nSPS) is 12.8. The van der Waals surface area contributed by atoms with E-state index in [1.165, 1.54) is 0 Å². The van der Waals surface area contributed by atoms with Crippen LogP contribution in [0.2, 0.25) is 0 Å². The summed E-state index contributed by atoms with van der Waals surface area (Å²) in [5.74, 6) is 0. The Morgan fingerprint density at radius 2 is 2.46 bits per heavy atom. The molecule has 1 aromatic rings. The zero-order valence-corrected chi connectivity index (χ0v) is 8.93. The van der Waals surface area contributed by atoms with Crippen molar-refractivity contribution in [2.45, 2.75) is 26.4 Å². The molecule has 0 saturated heterocycles. The summed E-state index contributed by atoms with van der Waals surface area (Å²) in [5.41, 5.74) is 0.936. The maximum Gasteiger partial charge on any atom is 0.0964 e. The summed E-state index contributed by atoms with van der Waals surface area (Å²) < 4.78 is 1.69. The first-order valence-electron chi connectivity index (χ1n) is 4.18. The van der Waals surface area contributed by atoms with Gasteiger partial charge in [-0.1, -0.05) is 17.4 Å². The van der Waals surface area contributed by atoms with E-state index in [0.717, 1.165) is 10.6 Å². The maximum atomic E-state index is 5.04. The van der Waals surface area contributed by atoms with Crippen molar-refractivity contribution in [1.82, 2.24) is 20.3 Å². The van der Waals surface area contributed by atoms with Crippen LogP contribution in [0.15, 0.2) is 6.20 Å². The van der Waals surface area contributed by atoms with Crippen LogP contribution in [-0.2, 0) is 13.6 Å². The van der Waals surface area contributed by atoms with E-state index in [1.807, 2.05) is 27.1 Å². The van der Waals surface area contributed by atoms with Gasteiger partial charge in [-0.25, -0.2) is 0 Å². The minimum absolute atomic E-state index is 0.247. The third kappa shape index (κ3) is 3.20. The maximum absolute atomic E-state index is 5.04. The lowest BCUT2D eigenvalue weighted by Crippen LogP contribution is -2.30. The number of hydrogen-bond donors (Lipinski definition) is 1. The second-order valence-corrected chi connectivity index (χ2v) is 3.74. The zero-order chi connectivity index (χ0) is 9.84. The van der Waals surface area contributed by atoms with Gasteiger partial charge in [0.05, 0.1) is 5.69 Å². The van der Waals surface area contributed by atoms with Crippen LogP contribution < -0.4 is 5.32 Å². The largest absolute Gasteiger partial charge is 0.304 e. The molecular weight excluding hydrogens is 184 g/mol. The highest BCUT2D eigenvalue weighted by Crippen LogP contribution is 1.93. The number of aromatic nitrogens is 3. The molecule has 1 N–H and O–H groups in total. The van der Waals surface area contributed by atoms with Crippen LogP contribution in [0.25, 0.3) is 0 Å². The van der Waals surface area contributed by atoms with Crippen molar-refractivity contribution in [3.63, 3.8) is 0 Å². The summed E-state index contributed by atoms with van der Waals surface area (Å²) in [7, 11) is 1.85. The number of aryl methyl sites for hydroxylation is 1. The summed E-state index contributed by atoms with van der Waals surface area (Å²) in [5, 5.41) is 11.0. The monoisotopic (exact) mass is 198 g/mol. The van der Waals surface area contributed by atoms with Gasteiger partial charge in [-0.2, -0.15) is 0 Å². The third-order valence-corrected chi connectivity index (χ3v) is 2.20. The predicted octanol–water partition coefficient (Wildman–Crippen LogP) is 0.683. The number of nitrogens with one attached hydrogen (secondary N) is 1. The summed E-state index contributed by atoms with van der Waals surface area (Å²) >= 11 is 5.04. The molecule has 1 rings (SSSR count). The van der Waals surface area contributed by atoms with Crippen molar-refractivity contribution in [3.8, 4) is 0 Å². The average Bonchev–Trinajstić information content (AvgIpc) is 2.47. The van der Waals surface area contributed by atoms with Gasteiger partial charge < -0.3 is 5.32 Å². The van der Waals surface area contributed by atoms with E-state index in [0.29, 0.717) is 6.54 Å². The molecule has 13 heavy (non-hydrogen) atoms. The van der Waals surface area contributed by atoms with E-state index in [1.54, 1.807) is 4.68 Å². The highest BCUT2D eigenvalue weighted by atomic mass is 32.1. The average molecular weight is 198 g/mol. The Kier molecular flexibility index (Phi) is 3.50. The standard InChI is InChI=1S/C8H14N4S/c1-6(7(2)13)9-4-8-5-12(3)11-10-8/h5-6,9H,4H2,1-3H3. The van der Waals surface area contributed by atoms with Gasteiger partial charge in [0.1, 0.15) is 0 Å². The second kappa shape index (κ2) is 4.43. The van der Waals surface area contributed by atoms with Crippen molar-refractivity contribution in [1.29, 1.82) is 0 Å². The van der Waals surface area contributed by atoms with Crippen LogP contribution in [0, 0.1) is 0 Å². The summed E-state index contributed by atoms with van der Waals surface area (Å²) in [6.07, 6.45) is 1.89.